The van der Waals surface area contributed by atoms with E-state index in [1.807, 2.05) is 0 Å². The molecule has 0 bridgehead atoms. The van der Waals surface area contributed by atoms with Crippen LogP contribution in [0.3, 0.4) is 0 Å². The Balaban J connectivity index is 4.09. The molecule has 470 valence electrons. The van der Waals surface area contributed by atoms with Crippen molar-refractivity contribution < 1.29 is 28.6 Å². The van der Waals surface area contributed by atoms with Crippen LogP contribution in [0.15, 0.2) is 36.5 Å². The molecule has 0 fully saturated rings. The van der Waals surface area contributed by atoms with Crippen LogP contribution in [-0.4, -0.2) is 37.2 Å². The van der Waals surface area contributed by atoms with Crippen LogP contribution in [0.4, 0.5) is 0 Å². The number of allylic oxidation sites excluding steroid dienone is 6. The number of hydrogen-bond donors (Lipinski definition) is 0. The van der Waals surface area contributed by atoms with Crippen molar-refractivity contribution >= 4 is 17.9 Å². The maximum absolute atomic E-state index is 12.9. The molecule has 0 N–H and O–H groups in total. The van der Waals surface area contributed by atoms with E-state index >= 15 is 0 Å². The number of hydrogen-bond acceptors (Lipinski definition) is 6. The van der Waals surface area contributed by atoms with E-state index in [2.05, 4.69) is 57.2 Å². The molecule has 0 aromatic rings. The molecule has 0 aromatic carbocycles. The maximum Gasteiger partial charge on any atom is 0.306 e. The summed E-state index contributed by atoms with van der Waals surface area (Å²) in [6.07, 6.45) is 86.2. The van der Waals surface area contributed by atoms with Crippen molar-refractivity contribution in [3.63, 3.8) is 0 Å². The third-order valence-corrected chi connectivity index (χ3v) is 16.4. The van der Waals surface area contributed by atoms with Gasteiger partial charge < -0.3 is 14.2 Å². The summed E-state index contributed by atoms with van der Waals surface area (Å²) in [6, 6.07) is 0. The summed E-state index contributed by atoms with van der Waals surface area (Å²) in [5, 5.41) is 0. The van der Waals surface area contributed by atoms with Crippen molar-refractivity contribution in [3.8, 4) is 0 Å². The minimum atomic E-state index is -0.768. The zero-order valence-electron chi connectivity index (χ0n) is 54.1. The fourth-order valence-corrected chi connectivity index (χ4v) is 11.0. The second kappa shape index (κ2) is 69.1. The van der Waals surface area contributed by atoms with E-state index in [0.717, 1.165) is 70.6 Å². The Morgan fingerprint density at radius 3 is 0.700 bits per heavy atom. The molecule has 0 saturated heterocycles. The Labute approximate surface area is 499 Å². The Hall–Kier alpha value is -2.37. The normalized spacial score (nSPS) is 12.2. The number of carbonyl (C=O) groups excluding carboxylic acids is 3. The highest BCUT2D eigenvalue weighted by atomic mass is 16.6. The molecule has 0 aromatic heterocycles. The highest BCUT2D eigenvalue weighted by Gasteiger charge is 2.19. The Bertz CT molecular complexity index is 1340. The van der Waals surface area contributed by atoms with Gasteiger partial charge >= 0.3 is 17.9 Å². The summed E-state index contributed by atoms with van der Waals surface area (Å²) in [4.78, 5) is 38.3. The van der Waals surface area contributed by atoms with E-state index in [0.29, 0.717) is 19.3 Å². The lowest BCUT2D eigenvalue weighted by molar-refractivity contribution is -0.167. The molecule has 1 atom stereocenters. The first-order valence-electron chi connectivity index (χ1n) is 36.0. The molecular weight excluding hydrogens is 985 g/mol. The van der Waals surface area contributed by atoms with Crippen molar-refractivity contribution in [1.82, 2.24) is 0 Å². The number of esters is 3. The molecular formula is C74H138O6. The molecule has 0 amide bonds. The molecule has 6 heteroatoms. The van der Waals surface area contributed by atoms with Gasteiger partial charge in [-0.05, 0) is 57.8 Å². The van der Waals surface area contributed by atoms with Gasteiger partial charge in [0, 0.05) is 19.3 Å². The highest BCUT2D eigenvalue weighted by Crippen LogP contribution is 2.19. The molecule has 0 rings (SSSR count). The van der Waals surface area contributed by atoms with E-state index < -0.39 is 6.10 Å². The summed E-state index contributed by atoms with van der Waals surface area (Å²) in [5.41, 5.74) is 0. The van der Waals surface area contributed by atoms with E-state index in [9.17, 15) is 14.4 Å². The molecule has 0 aliphatic heterocycles. The average Bonchev–Trinajstić information content (AvgIpc) is 3.46. The first kappa shape index (κ1) is 77.6. The predicted molar refractivity (Wildman–Crippen MR) is 349 cm³/mol. The maximum atomic E-state index is 12.9. The molecule has 0 spiro atoms. The Morgan fingerprint density at radius 1 is 0.250 bits per heavy atom. The van der Waals surface area contributed by atoms with Gasteiger partial charge in [-0.2, -0.15) is 0 Å². The van der Waals surface area contributed by atoms with Crippen molar-refractivity contribution in [2.24, 2.45) is 0 Å². The summed E-state index contributed by atoms with van der Waals surface area (Å²) in [7, 11) is 0. The van der Waals surface area contributed by atoms with Crippen LogP contribution in [0.2, 0.25) is 0 Å². The van der Waals surface area contributed by atoms with E-state index in [-0.39, 0.29) is 31.1 Å². The Morgan fingerprint density at radius 2 is 0.450 bits per heavy atom. The van der Waals surface area contributed by atoms with Crippen LogP contribution in [0.5, 0.6) is 0 Å². The molecule has 0 heterocycles. The van der Waals surface area contributed by atoms with Crippen LogP contribution >= 0.6 is 0 Å². The number of carbonyl (C=O) groups is 3. The van der Waals surface area contributed by atoms with Gasteiger partial charge in [0.05, 0.1) is 0 Å². The molecule has 80 heavy (non-hydrogen) atoms. The van der Waals surface area contributed by atoms with Crippen molar-refractivity contribution in [2.75, 3.05) is 13.2 Å². The lowest BCUT2D eigenvalue weighted by Crippen LogP contribution is -2.30. The van der Waals surface area contributed by atoms with Crippen LogP contribution in [0.1, 0.15) is 400 Å². The molecule has 0 saturated carbocycles. The SMILES string of the molecule is CCCCCCC/C=C\C/C=C\C/C=C\CCCCCCCCCCCCCCCCC(=O)OCC(COC(=O)CCCCCCCCCCC)OC(=O)CCCCCCCCCCCCCCCCCCCCCCCCCC. The van der Waals surface area contributed by atoms with Gasteiger partial charge in [0.15, 0.2) is 6.10 Å². The zero-order valence-corrected chi connectivity index (χ0v) is 54.1. The van der Waals surface area contributed by atoms with E-state index in [4.69, 9.17) is 14.2 Å². The van der Waals surface area contributed by atoms with Crippen LogP contribution in [-0.2, 0) is 28.6 Å². The van der Waals surface area contributed by atoms with Gasteiger partial charge in [-0.3, -0.25) is 14.4 Å². The summed E-state index contributed by atoms with van der Waals surface area (Å²) >= 11 is 0. The molecule has 1 unspecified atom stereocenters. The second-order valence-corrected chi connectivity index (χ2v) is 24.5. The predicted octanol–water partition coefficient (Wildman–Crippen LogP) is 24.7. The van der Waals surface area contributed by atoms with Gasteiger partial charge in [0.1, 0.15) is 13.2 Å². The lowest BCUT2D eigenvalue weighted by atomic mass is 10.0. The summed E-state index contributed by atoms with van der Waals surface area (Å²) in [6.45, 7) is 6.68. The average molecular weight is 1120 g/mol. The van der Waals surface area contributed by atoms with Crippen molar-refractivity contribution in [1.29, 1.82) is 0 Å². The Kier molecular flexibility index (Phi) is 67.1. The zero-order chi connectivity index (χ0) is 57.8. The summed E-state index contributed by atoms with van der Waals surface area (Å²) < 4.78 is 17.0. The second-order valence-electron chi connectivity index (χ2n) is 24.5. The third-order valence-electron chi connectivity index (χ3n) is 16.4. The molecule has 6 nitrogen and oxygen atoms in total. The van der Waals surface area contributed by atoms with Gasteiger partial charge in [0.2, 0.25) is 0 Å². The number of rotatable bonds is 67. The van der Waals surface area contributed by atoms with Gasteiger partial charge in [-0.15, -0.1) is 0 Å². The molecule has 0 aliphatic rings. The smallest absolute Gasteiger partial charge is 0.306 e. The summed E-state index contributed by atoms with van der Waals surface area (Å²) in [5.74, 6) is -0.840. The fourth-order valence-electron chi connectivity index (χ4n) is 11.0. The van der Waals surface area contributed by atoms with Crippen LogP contribution < -0.4 is 0 Å². The molecule has 0 radical (unpaired) electrons. The monoisotopic (exact) mass is 1120 g/mol. The highest BCUT2D eigenvalue weighted by molar-refractivity contribution is 5.71. The molecule has 0 aliphatic carbocycles. The first-order valence-corrected chi connectivity index (χ1v) is 36.0. The van der Waals surface area contributed by atoms with E-state index in [1.165, 1.54) is 289 Å². The van der Waals surface area contributed by atoms with E-state index in [1.54, 1.807) is 0 Å². The number of ether oxygens (including phenoxy) is 3. The quantitative estimate of drug-likeness (QED) is 0.0261. The van der Waals surface area contributed by atoms with Gasteiger partial charge in [-0.25, -0.2) is 0 Å². The van der Waals surface area contributed by atoms with Crippen molar-refractivity contribution in [2.45, 2.75) is 406 Å². The van der Waals surface area contributed by atoms with Crippen LogP contribution in [0, 0.1) is 0 Å². The van der Waals surface area contributed by atoms with Gasteiger partial charge in [0.25, 0.3) is 0 Å². The first-order chi connectivity index (χ1) is 39.5. The number of unbranched alkanes of at least 4 members (excludes halogenated alkanes) is 50. The van der Waals surface area contributed by atoms with Crippen LogP contribution in [0.25, 0.3) is 0 Å². The standard InChI is InChI=1S/C74H138O6/c1-4-7-10-13-16-19-21-23-25-27-29-31-33-35-36-37-38-39-41-42-44-46-48-50-52-55-58-61-64-67-73(76)79-70-71(69-78-72(75)66-63-60-57-54-18-15-12-9-6-3)80-74(77)68-65-62-59-56-53-51-49-47-45-43-40-34-32-30-28-26-24-22-20-17-14-11-8-5-2/h21,23,27,29,33,35,71H,4-20,22,24-26,28,30-32,34,36-70H2,1-3H3/b23-21-,29-27-,35-33-. The lowest BCUT2D eigenvalue weighted by Gasteiger charge is -2.18. The third kappa shape index (κ3) is 66.4. The fraction of sp³-hybridized carbons (Fsp3) is 0.878. The van der Waals surface area contributed by atoms with Gasteiger partial charge in [-0.1, -0.05) is 359 Å². The van der Waals surface area contributed by atoms with Crippen molar-refractivity contribution in [3.05, 3.63) is 36.5 Å². The largest absolute Gasteiger partial charge is 0.462 e. The topological polar surface area (TPSA) is 78.9 Å². The minimum absolute atomic E-state index is 0.0659. The minimum Gasteiger partial charge on any atom is -0.462 e.